The van der Waals surface area contributed by atoms with Crippen LogP contribution < -0.4 is 15.4 Å². The molecule has 5 atom stereocenters. The lowest BCUT2D eigenvalue weighted by molar-refractivity contribution is -0.142. The third-order valence-electron chi connectivity index (χ3n) is 7.45. The van der Waals surface area contributed by atoms with Gasteiger partial charge >= 0.3 is 0 Å². The topological polar surface area (TPSA) is 106 Å². The summed E-state index contributed by atoms with van der Waals surface area (Å²) in [5.41, 5.74) is 2.75. The van der Waals surface area contributed by atoms with Crippen LogP contribution in [0.5, 0.6) is 5.75 Å². The highest BCUT2D eigenvalue weighted by atomic mass is 16.6. The molecule has 3 heterocycles. The standard InChI is InChI=1S/C28H34N2O6/c1-17(18-5-3-2-4-6-18)29-26(32)15-21-14-23-22-13-20(30-28(33)19-9-11-34-12-10-19)7-8-24(22)36-27(23)25(16-31)35-21/h2-8,13,17,19,21,23,25,27,31H,9-12,14-16H2,1H3,(H,29,32)(H,30,33)/t17-,21+,23+,25+,27-/m0/s1. The third-order valence-corrected chi connectivity index (χ3v) is 7.45. The van der Waals surface area contributed by atoms with Gasteiger partial charge in [0, 0.05) is 36.3 Å². The average Bonchev–Trinajstić information content (AvgIpc) is 3.27. The lowest BCUT2D eigenvalue weighted by Gasteiger charge is -2.37. The first kappa shape index (κ1) is 24.7. The zero-order valence-corrected chi connectivity index (χ0v) is 20.5. The minimum absolute atomic E-state index is 0.0102. The van der Waals surface area contributed by atoms with Crippen molar-refractivity contribution in [2.24, 2.45) is 5.92 Å². The van der Waals surface area contributed by atoms with Gasteiger partial charge in [0.1, 0.15) is 18.0 Å². The van der Waals surface area contributed by atoms with Crippen LogP contribution in [-0.4, -0.2) is 55.1 Å². The molecule has 0 aliphatic carbocycles. The maximum atomic E-state index is 12.8. The van der Waals surface area contributed by atoms with E-state index in [2.05, 4.69) is 10.6 Å². The first-order valence-corrected chi connectivity index (χ1v) is 12.8. The second kappa shape index (κ2) is 11.0. The van der Waals surface area contributed by atoms with E-state index >= 15 is 0 Å². The third kappa shape index (κ3) is 5.40. The SMILES string of the molecule is C[C@H](NC(=O)C[C@H]1C[C@@H]2c3cc(NC(=O)C4CCOCC4)ccc3O[C@@H]2[C@@H](CO)O1)c1ccccc1. The molecule has 0 radical (unpaired) electrons. The van der Waals surface area contributed by atoms with E-state index in [4.69, 9.17) is 14.2 Å². The summed E-state index contributed by atoms with van der Waals surface area (Å²) in [6.45, 7) is 2.99. The number of fused-ring (bicyclic) bond motifs is 3. The van der Waals surface area contributed by atoms with Crippen molar-refractivity contribution < 1.29 is 28.9 Å². The summed E-state index contributed by atoms with van der Waals surface area (Å²) in [6.07, 6.45) is 1.06. The van der Waals surface area contributed by atoms with Crippen molar-refractivity contribution in [1.29, 1.82) is 0 Å². The fourth-order valence-corrected chi connectivity index (χ4v) is 5.50. The van der Waals surface area contributed by atoms with Crippen LogP contribution in [-0.2, 0) is 19.1 Å². The number of benzene rings is 2. The summed E-state index contributed by atoms with van der Waals surface area (Å²) in [5, 5.41) is 16.1. The lowest BCUT2D eigenvalue weighted by Crippen LogP contribution is -2.47. The van der Waals surface area contributed by atoms with Gasteiger partial charge in [-0.3, -0.25) is 9.59 Å². The van der Waals surface area contributed by atoms with Crippen molar-refractivity contribution in [2.75, 3.05) is 25.1 Å². The van der Waals surface area contributed by atoms with Gasteiger partial charge in [0.15, 0.2) is 0 Å². The van der Waals surface area contributed by atoms with Gasteiger partial charge in [-0.1, -0.05) is 30.3 Å². The summed E-state index contributed by atoms with van der Waals surface area (Å²) in [5.74, 6) is 0.576. The van der Waals surface area contributed by atoms with Crippen LogP contribution in [0.1, 0.15) is 55.7 Å². The molecule has 3 N–H and O–H groups in total. The molecule has 2 saturated heterocycles. The minimum Gasteiger partial charge on any atom is -0.487 e. The van der Waals surface area contributed by atoms with E-state index in [9.17, 15) is 14.7 Å². The van der Waals surface area contributed by atoms with Crippen molar-refractivity contribution in [1.82, 2.24) is 5.32 Å². The van der Waals surface area contributed by atoms with Crippen LogP contribution in [0.3, 0.4) is 0 Å². The molecular formula is C28H34N2O6. The van der Waals surface area contributed by atoms with E-state index in [0.717, 1.165) is 35.4 Å². The van der Waals surface area contributed by atoms with Gasteiger partial charge in [-0.2, -0.15) is 0 Å². The second-order valence-corrected chi connectivity index (χ2v) is 9.94. The highest BCUT2D eigenvalue weighted by molar-refractivity contribution is 5.92. The summed E-state index contributed by atoms with van der Waals surface area (Å²) in [4.78, 5) is 25.5. The zero-order valence-electron chi connectivity index (χ0n) is 20.5. The van der Waals surface area contributed by atoms with Crippen molar-refractivity contribution >= 4 is 17.5 Å². The molecule has 8 heteroatoms. The minimum atomic E-state index is -0.527. The maximum Gasteiger partial charge on any atom is 0.227 e. The molecule has 2 fully saturated rings. The Hall–Kier alpha value is -2.94. The molecule has 8 nitrogen and oxygen atoms in total. The van der Waals surface area contributed by atoms with Crippen LogP contribution in [0.2, 0.25) is 0 Å². The van der Waals surface area contributed by atoms with E-state index in [1.807, 2.05) is 55.5 Å². The summed E-state index contributed by atoms with van der Waals surface area (Å²) < 4.78 is 17.6. The smallest absolute Gasteiger partial charge is 0.227 e. The van der Waals surface area contributed by atoms with Gasteiger partial charge in [0.25, 0.3) is 0 Å². The van der Waals surface area contributed by atoms with E-state index in [-0.39, 0.29) is 54.9 Å². The molecule has 0 unspecified atom stereocenters. The molecule has 5 rings (SSSR count). The number of anilines is 1. The Bertz CT molecular complexity index is 1070. The normalized spacial score (nSPS) is 26.3. The molecular weight excluding hydrogens is 460 g/mol. The van der Waals surface area contributed by atoms with Gasteiger partial charge in [0.05, 0.1) is 25.2 Å². The van der Waals surface area contributed by atoms with Gasteiger partial charge < -0.3 is 30.0 Å². The highest BCUT2D eigenvalue weighted by Gasteiger charge is 2.46. The van der Waals surface area contributed by atoms with Gasteiger partial charge in [-0.25, -0.2) is 0 Å². The van der Waals surface area contributed by atoms with Crippen LogP contribution in [0.15, 0.2) is 48.5 Å². The zero-order chi connectivity index (χ0) is 25.1. The van der Waals surface area contributed by atoms with Gasteiger partial charge in [0.2, 0.25) is 11.8 Å². The fourth-order valence-electron chi connectivity index (χ4n) is 5.50. The number of hydrogen-bond donors (Lipinski definition) is 3. The number of hydrogen-bond acceptors (Lipinski definition) is 6. The molecule has 0 spiro atoms. The average molecular weight is 495 g/mol. The van der Waals surface area contributed by atoms with Gasteiger partial charge in [-0.15, -0.1) is 0 Å². The molecule has 2 aromatic carbocycles. The van der Waals surface area contributed by atoms with E-state index < -0.39 is 6.10 Å². The fraction of sp³-hybridized carbons (Fsp3) is 0.500. The van der Waals surface area contributed by atoms with E-state index in [1.165, 1.54) is 0 Å². The summed E-state index contributed by atoms with van der Waals surface area (Å²) in [7, 11) is 0. The van der Waals surface area contributed by atoms with Crippen LogP contribution >= 0.6 is 0 Å². The van der Waals surface area contributed by atoms with Crippen molar-refractivity contribution in [3.8, 4) is 5.75 Å². The van der Waals surface area contributed by atoms with Crippen molar-refractivity contribution in [3.63, 3.8) is 0 Å². The van der Waals surface area contributed by atoms with E-state index in [1.54, 1.807) is 0 Å². The Balaban J connectivity index is 1.25. The number of aliphatic hydroxyl groups is 1. The largest absolute Gasteiger partial charge is 0.487 e. The Morgan fingerprint density at radius 3 is 2.64 bits per heavy atom. The number of ether oxygens (including phenoxy) is 3. The Kier molecular flexibility index (Phi) is 7.55. The molecule has 0 aromatic heterocycles. The predicted molar refractivity (Wildman–Crippen MR) is 134 cm³/mol. The second-order valence-electron chi connectivity index (χ2n) is 9.94. The summed E-state index contributed by atoms with van der Waals surface area (Å²) >= 11 is 0. The quantitative estimate of drug-likeness (QED) is 0.545. The van der Waals surface area contributed by atoms with Gasteiger partial charge in [-0.05, 0) is 49.9 Å². The number of carbonyl (C=O) groups is 2. The van der Waals surface area contributed by atoms with Crippen molar-refractivity contribution in [3.05, 3.63) is 59.7 Å². The Morgan fingerprint density at radius 2 is 1.89 bits per heavy atom. The first-order valence-electron chi connectivity index (χ1n) is 12.8. The molecule has 2 amide bonds. The highest BCUT2D eigenvalue weighted by Crippen LogP contribution is 2.47. The van der Waals surface area contributed by atoms with E-state index in [0.29, 0.717) is 19.6 Å². The number of carbonyl (C=O) groups excluding carboxylic acids is 2. The lowest BCUT2D eigenvalue weighted by atomic mass is 9.84. The predicted octanol–water partition coefficient (Wildman–Crippen LogP) is 3.31. The monoisotopic (exact) mass is 494 g/mol. The van der Waals surface area contributed by atoms with Crippen LogP contribution in [0.4, 0.5) is 5.69 Å². The molecule has 0 saturated carbocycles. The van der Waals surface area contributed by atoms with Crippen molar-refractivity contribution in [2.45, 2.75) is 62.9 Å². The molecule has 3 aliphatic rings. The number of nitrogens with one attached hydrogen (secondary N) is 2. The Morgan fingerprint density at radius 1 is 1.11 bits per heavy atom. The Labute approximate surface area is 211 Å². The molecule has 0 bridgehead atoms. The molecule has 3 aliphatic heterocycles. The number of rotatable bonds is 7. The molecule has 36 heavy (non-hydrogen) atoms. The molecule has 2 aromatic rings. The molecule has 192 valence electrons. The van der Waals surface area contributed by atoms with Crippen LogP contribution in [0.25, 0.3) is 0 Å². The van der Waals surface area contributed by atoms with Crippen LogP contribution in [0, 0.1) is 5.92 Å². The maximum absolute atomic E-state index is 12.8. The summed E-state index contributed by atoms with van der Waals surface area (Å²) in [6, 6.07) is 15.4. The number of aliphatic hydroxyl groups excluding tert-OH is 1. The number of amides is 2. The first-order chi connectivity index (χ1) is 17.5.